The van der Waals surface area contributed by atoms with Gasteiger partial charge in [0.1, 0.15) is 22.5 Å². The molecule has 5 aromatic rings. The molecule has 44 heavy (non-hydrogen) atoms. The van der Waals surface area contributed by atoms with Gasteiger partial charge in [-0.2, -0.15) is 10.4 Å². The Hall–Kier alpha value is -5.61. The number of nitro benzene ring substituents is 2. The number of para-hydroxylation sites is 1. The smallest absolute Gasteiger partial charge is 0.296 e. The molecule has 0 spiro atoms. The first-order valence-corrected chi connectivity index (χ1v) is 14.6. The molecule has 6 rings (SSSR count). The molecule has 3 heterocycles. The summed E-state index contributed by atoms with van der Waals surface area (Å²) in [6.07, 6.45) is 1.62. The summed E-state index contributed by atoms with van der Waals surface area (Å²) in [4.78, 5) is 31.8. The van der Waals surface area contributed by atoms with Gasteiger partial charge in [0.2, 0.25) is 0 Å². The van der Waals surface area contributed by atoms with Crippen LogP contribution in [-0.2, 0) is 0 Å². The van der Waals surface area contributed by atoms with Gasteiger partial charge < -0.3 is 9.80 Å². The van der Waals surface area contributed by atoms with E-state index in [0.717, 1.165) is 21.6 Å². The van der Waals surface area contributed by atoms with Gasteiger partial charge >= 0.3 is 0 Å². The average Bonchev–Trinajstić information content (AvgIpc) is 3.61. The fourth-order valence-corrected chi connectivity index (χ4v) is 6.38. The predicted octanol–water partition coefficient (Wildman–Crippen LogP) is 6.31. The van der Waals surface area contributed by atoms with Crippen LogP contribution < -0.4 is 9.80 Å². The van der Waals surface area contributed by atoms with E-state index in [9.17, 15) is 25.5 Å². The maximum atomic E-state index is 12.1. The molecule has 1 aliphatic rings. The van der Waals surface area contributed by atoms with Gasteiger partial charge in [0, 0.05) is 49.7 Å². The molecule has 0 atom stereocenters. The van der Waals surface area contributed by atoms with Crippen molar-refractivity contribution in [2.75, 3.05) is 36.0 Å². The van der Waals surface area contributed by atoms with Gasteiger partial charge in [0.25, 0.3) is 11.4 Å². The Morgan fingerprint density at radius 3 is 2.25 bits per heavy atom. The molecule has 2 aromatic heterocycles. The number of benzene rings is 3. The Kier molecular flexibility index (Phi) is 7.50. The summed E-state index contributed by atoms with van der Waals surface area (Å²) in [7, 11) is 0. The fraction of sp³-hybridized carbons (Fsp3) is 0.194. The molecule has 12 nitrogen and oxygen atoms in total. The van der Waals surface area contributed by atoms with Crippen molar-refractivity contribution in [2.45, 2.75) is 13.8 Å². The van der Waals surface area contributed by atoms with Gasteiger partial charge in [-0.1, -0.05) is 18.2 Å². The number of hydrogen-bond donors (Lipinski definition) is 0. The summed E-state index contributed by atoms with van der Waals surface area (Å²) in [6.45, 7) is 5.70. The standard InChI is InChI=1S/C31H26N8O4S/c1-20-15-21(2)37(34-20)27-10-8-24(18-29(27)39(42)43)35-11-13-36(14-12-35)26-9-7-22(17-28(26)38(40)41)16-23(19-32)31-33-25-5-3-4-6-30(25)44-31/h3-10,15-18H,11-14H2,1-2H3. The number of hydrogen-bond acceptors (Lipinski definition) is 10. The second-order valence-electron chi connectivity index (χ2n) is 10.4. The van der Waals surface area contributed by atoms with Gasteiger partial charge in [0.05, 0.1) is 31.3 Å². The van der Waals surface area contributed by atoms with Gasteiger partial charge in [-0.3, -0.25) is 20.2 Å². The third-order valence-corrected chi connectivity index (χ3v) is 8.60. The van der Waals surface area contributed by atoms with Crippen molar-refractivity contribution in [1.82, 2.24) is 14.8 Å². The van der Waals surface area contributed by atoms with Crippen LogP contribution in [0.5, 0.6) is 0 Å². The van der Waals surface area contributed by atoms with Crippen molar-refractivity contribution in [3.8, 4) is 11.8 Å². The van der Waals surface area contributed by atoms with Crippen LogP contribution in [0.1, 0.15) is 22.0 Å². The number of nitrogens with zero attached hydrogens (tertiary/aromatic N) is 8. The maximum absolute atomic E-state index is 12.1. The van der Waals surface area contributed by atoms with Crippen LogP contribution >= 0.6 is 11.3 Å². The zero-order valence-corrected chi connectivity index (χ0v) is 24.7. The molecular weight excluding hydrogens is 580 g/mol. The predicted molar refractivity (Wildman–Crippen MR) is 170 cm³/mol. The second kappa shape index (κ2) is 11.6. The molecule has 1 fully saturated rings. The van der Waals surface area contributed by atoms with E-state index in [-0.39, 0.29) is 11.4 Å². The van der Waals surface area contributed by atoms with Crippen molar-refractivity contribution in [3.63, 3.8) is 0 Å². The van der Waals surface area contributed by atoms with E-state index >= 15 is 0 Å². The normalized spacial score (nSPS) is 13.7. The molecule has 3 aromatic carbocycles. The van der Waals surface area contributed by atoms with E-state index in [2.05, 4.69) is 16.2 Å². The zero-order valence-electron chi connectivity index (χ0n) is 23.9. The van der Waals surface area contributed by atoms with Crippen molar-refractivity contribution in [1.29, 1.82) is 5.26 Å². The quantitative estimate of drug-likeness (QED) is 0.118. The highest BCUT2D eigenvalue weighted by molar-refractivity contribution is 7.19. The molecule has 0 saturated carbocycles. The van der Waals surface area contributed by atoms with Crippen LogP contribution in [0, 0.1) is 45.4 Å². The number of nitro groups is 2. The molecule has 1 saturated heterocycles. The van der Waals surface area contributed by atoms with E-state index in [4.69, 9.17) is 0 Å². The lowest BCUT2D eigenvalue weighted by Crippen LogP contribution is -2.46. The van der Waals surface area contributed by atoms with Crippen LogP contribution in [0.3, 0.4) is 0 Å². The third-order valence-electron chi connectivity index (χ3n) is 7.53. The van der Waals surface area contributed by atoms with Gasteiger partial charge in [-0.25, -0.2) is 9.67 Å². The highest BCUT2D eigenvalue weighted by Gasteiger charge is 2.26. The minimum Gasteiger partial charge on any atom is -0.368 e. The Morgan fingerprint density at radius 2 is 1.59 bits per heavy atom. The lowest BCUT2D eigenvalue weighted by atomic mass is 10.1. The molecule has 0 amide bonds. The van der Waals surface area contributed by atoms with Crippen LogP contribution in [0.25, 0.3) is 27.6 Å². The molecule has 0 radical (unpaired) electrons. The largest absolute Gasteiger partial charge is 0.368 e. The molecule has 0 N–H and O–H groups in total. The summed E-state index contributed by atoms with van der Waals surface area (Å²) in [6, 6.07) is 21.7. The summed E-state index contributed by atoms with van der Waals surface area (Å²) < 4.78 is 2.53. The van der Waals surface area contributed by atoms with Crippen LogP contribution in [0.15, 0.2) is 66.7 Å². The van der Waals surface area contributed by atoms with E-state index in [0.29, 0.717) is 59.4 Å². The van der Waals surface area contributed by atoms with E-state index in [1.165, 1.54) is 17.4 Å². The lowest BCUT2D eigenvalue weighted by molar-refractivity contribution is -0.384. The average molecular weight is 607 g/mol. The van der Waals surface area contributed by atoms with Gasteiger partial charge in [-0.15, -0.1) is 11.3 Å². The minimum atomic E-state index is -0.413. The Balaban J connectivity index is 1.22. The molecular formula is C31H26N8O4S. The summed E-state index contributed by atoms with van der Waals surface area (Å²) >= 11 is 1.40. The first kappa shape index (κ1) is 28.5. The monoisotopic (exact) mass is 606 g/mol. The van der Waals surface area contributed by atoms with Gasteiger partial charge in [0.15, 0.2) is 0 Å². The number of allylic oxidation sites excluding steroid dienone is 1. The van der Waals surface area contributed by atoms with Gasteiger partial charge in [-0.05, 0) is 61.9 Å². The van der Waals surface area contributed by atoms with Crippen molar-refractivity contribution in [3.05, 3.63) is 109 Å². The number of anilines is 2. The molecule has 13 heteroatoms. The summed E-state index contributed by atoms with van der Waals surface area (Å²) in [5.41, 5.74) is 4.72. The molecule has 0 bridgehead atoms. The summed E-state index contributed by atoms with van der Waals surface area (Å²) in [5, 5.41) is 38.9. The molecule has 0 aliphatic carbocycles. The SMILES string of the molecule is Cc1cc(C)n(-c2ccc(N3CCN(c4ccc(C=C(C#N)c5nc6ccccc6s5)cc4[N+](=O)[O-])CC3)cc2[N+](=O)[O-])n1. The number of aryl methyl sites for hydroxylation is 2. The van der Waals surface area contributed by atoms with E-state index in [1.54, 1.807) is 35.0 Å². The van der Waals surface area contributed by atoms with Crippen molar-refractivity contribution in [2.24, 2.45) is 0 Å². The van der Waals surface area contributed by atoms with Crippen LogP contribution in [0.4, 0.5) is 22.7 Å². The number of aromatic nitrogens is 3. The highest BCUT2D eigenvalue weighted by Crippen LogP contribution is 2.34. The first-order valence-electron chi connectivity index (χ1n) is 13.8. The Morgan fingerprint density at radius 1 is 0.909 bits per heavy atom. The fourth-order valence-electron chi connectivity index (χ4n) is 5.45. The topological polar surface area (TPSA) is 147 Å². The minimum absolute atomic E-state index is 0.0435. The lowest BCUT2D eigenvalue weighted by Gasteiger charge is -2.37. The van der Waals surface area contributed by atoms with E-state index in [1.807, 2.05) is 60.0 Å². The number of fused-ring (bicyclic) bond motifs is 1. The summed E-state index contributed by atoms with van der Waals surface area (Å²) in [5.74, 6) is 0. The highest BCUT2D eigenvalue weighted by atomic mass is 32.1. The van der Waals surface area contributed by atoms with Crippen LogP contribution in [-0.4, -0.2) is 50.8 Å². The number of piperazine rings is 1. The van der Waals surface area contributed by atoms with Crippen LogP contribution in [0.2, 0.25) is 0 Å². The maximum Gasteiger partial charge on any atom is 0.296 e. The zero-order chi connectivity index (χ0) is 31.0. The molecule has 1 aliphatic heterocycles. The number of thiazole rings is 1. The Bertz CT molecular complexity index is 1970. The second-order valence-corrected chi connectivity index (χ2v) is 11.4. The van der Waals surface area contributed by atoms with Crippen molar-refractivity contribution >= 4 is 56.0 Å². The Labute approximate surface area is 256 Å². The number of nitriles is 1. The first-order chi connectivity index (χ1) is 21.2. The van der Waals surface area contributed by atoms with Crippen molar-refractivity contribution < 1.29 is 9.85 Å². The molecule has 220 valence electrons. The third kappa shape index (κ3) is 5.46. The number of rotatable bonds is 7. The molecule has 0 unspecified atom stereocenters. The van der Waals surface area contributed by atoms with E-state index < -0.39 is 9.85 Å².